The van der Waals surface area contributed by atoms with Gasteiger partial charge in [0.25, 0.3) is 0 Å². The van der Waals surface area contributed by atoms with Crippen molar-refractivity contribution in [1.82, 2.24) is 9.97 Å². The number of hydrogen-bond donors (Lipinski definition) is 2. The molecule has 2 N–H and O–H groups in total. The summed E-state index contributed by atoms with van der Waals surface area (Å²) in [6, 6.07) is 9.08. The first-order valence-electron chi connectivity index (χ1n) is 9.96. The summed E-state index contributed by atoms with van der Waals surface area (Å²) in [7, 11) is 3.88. The van der Waals surface area contributed by atoms with Crippen molar-refractivity contribution in [2.75, 3.05) is 24.3 Å². The van der Waals surface area contributed by atoms with Crippen LogP contribution in [0.4, 0.5) is 30.2 Å². The number of hydrogen-bond acceptors (Lipinski definition) is 3. The molecule has 29 heavy (non-hydrogen) atoms. The van der Waals surface area contributed by atoms with Crippen molar-refractivity contribution < 1.29 is 13.2 Å². The Labute approximate surface area is 168 Å². The Balaban J connectivity index is 1.66. The van der Waals surface area contributed by atoms with E-state index in [1.165, 1.54) is 31.4 Å². The second-order valence-corrected chi connectivity index (χ2v) is 7.94. The molecule has 154 valence electrons. The Bertz CT molecular complexity index is 984. The van der Waals surface area contributed by atoms with Crippen LogP contribution >= 0.6 is 0 Å². The van der Waals surface area contributed by atoms with E-state index in [9.17, 15) is 13.2 Å². The Morgan fingerprint density at radius 2 is 1.72 bits per heavy atom. The summed E-state index contributed by atoms with van der Waals surface area (Å²) in [6.45, 7) is 0. The number of rotatable bonds is 4. The topological polar surface area (TPSA) is 44.0 Å². The lowest BCUT2D eigenvalue weighted by atomic mass is 9.89. The number of nitrogens with zero attached hydrogens (tertiary/aromatic N) is 2. The van der Waals surface area contributed by atoms with Gasteiger partial charge in [-0.2, -0.15) is 13.2 Å². The molecule has 1 saturated carbocycles. The van der Waals surface area contributed by atoms with Gasteiger partial charge < -0.3 is 15.2 Å². The normalized spacial score (nSPS) is 15.6. The van der Waals surface area contributed by atoms with E-state index < -0.39 is 11.7 Å². The van der Waals surface area contributed by atoms with Gasteiger partial charge in [0.1, 0.15) is 5.82 Å². The maximum Gasteiger partial charge on any atom is 0.416 e. The van der Waals surface area contributed by atoms with Gasteiger partial charge in [-0.25, -0.2) is 4.98 Å². The molecular weight excluding hydrogens is 377 g/mol. The largest absolute Gasteiger partial charge is 0.416 e. The van der Waals surface area contributed by atoms with Crippen molar-refractivity contribution in [1.29, 1.82) is 0 Å². The summed E-state index contributed by atoms with van der Waals surface area (Å²) >= 11 is 0. The number of nitrogens with one attached hydrogen (secondary N) is 2. The van der Waals surface area contributed by atoms with Gasteiger partial charge in [-0.1, -0.05) is 19.3 Å². The molecule has 0 atom stereocenters. The molecule has 0 amide bonds. The van der Waals surface area contributed by atoms with Crippen LogP contribution in [0.15, 0.2) is 36.4 Å². The third-order valence-corrected chi connectivity index (χ3v) is 5.58. The Morgan fingerprint density at radius 3 is 2.34 bits per heavy atom. The molecule has 4 nitrogen and oxygen atoms in total. The van der Waals surface area contributed by atoms with Crippen LogP contribution in [-0.4, -0.2) is 24.1 Å². The Kier molecular flexibility index (Phi) is 5.15. The predicted octanol–water partition coefficient (Wildman–Crippen LogP) is 6.44. The SMILES string of the molecule is CN(C)c1cc2[nH]c(C3CCCCC3)nc2cc1Nc1ccc(C(F)(F)F)cc1. The van der Waals surface area contributed by atoms with Crippen molar-refractivity contribution >= 4 is 28.1 Å². The van der Waals surface area contributed by atoms with Gasteiger partial charge in [0.05, 0.1) is 28.0 Å². The summed E-state index contributed by atoms with van der Waals surface area (Å²) in [5, 5.41) is 3.25. The zero-order chi connectivity index (χ0) is 20.6. The Hall–Kier alpha value is -2.70. The van der Waals surface area contributed by atoms with Crippen molar-refractivity contribution in [3.05, 3.63) is 47.8 Å². The molecule has 1 aromatic heterocycles. The van der Waals surface area contributed by atoms with E-state index in [0.717, 1.165) is 53.2 Å². The monoisotopic (exact) mass is 402 g/mol. The average molecular weight is 402 g/mol. The minimum absolute atomic E-state index is 0.477. The van der Waals surface area contributed by atoms with Crippen molar-refractivity contribution in [3.63, 3.8) is 0 Å². The number of halogens is 3. The minimum atomic E-state index is -4.34. The molecule has 1 heterocycles. The van der Waals surface area contributed by atoms with Crippen LogP contribution < -0.4 is 10.2 Å². The van der Waals surface area contributed by atoms with Gasteiger partial charge in [0, 0.05) is 25.7 Å². The predicted molar refractivity (Wildman–Crippen MR) is 111 cm³/mol. The molecule has 0 aliphatic heterocycles. The van der Waals surface area contributed by atoms with Gasteiger partial charge in [-0.05, 0) is 49.2 Å². The fourth-order valence-electron chi connectivity index (χ4n) is 4.00. The first-order chi connectivity index (χ1) is 13.8. The fourth-order valence-corrected chi connectivity index (χ4v) is 4.00. The molecule has 0 radical (unpaired) electrons. The van der Waals surface area contributed by atoms with Gasteiger partial charge in [-0.3, -0.25) is 0 Å². The fraction of sp³-hybridized carbons (Fsp3) is 0.409. The van der Waals surface area contributed by atoms with Crippen LogP contribution in [0.2, 0.25) is 0 Å². The summed E-state index contributed by atoms with van der Waals surface area (Å²) in [6.07, 6.45) is 1.77. The van der Waals surface area contributed by atoms with E-state index in [1.807, 2.05) is 31.1 Å². The maximum absolute atomic E-state index is 12.8. The van der Waals surface area contributed by atoms with E-state index >= 15 is 0 Å². The molecule has 0 bridgehead atoms. The van der Waals surface area contributed by atoms with Gasteiger partial charge in [0.2, 0.25) is 0 Å². The van der Waals surface area contributed by atoms with Crippen molar-refractivity contribution in [2.24, 2.45) is 0 Å². The summed E-state index contributed by atoms with van der Waals surface area (Å²) in [5.41, 5.74) is 3.54. The number of benzene rings is 2. The second-order valence-electron chi connectivity index (χ2n) is 7.94. The van der Waals surface area contributed by atoms with Gasteiger partial charge in [-0.15, -0.1) is 0 Å². The van der Waals surface area contributed by atoms with Crippen LogP contribution in [0, 0.1) is 0 Å². The number of alkyl halides is 3. The first-order valence-corrected chi connectivity index (χ1v) is 9.96. The number of imidazole rings is 1. The number of aromatic amines is 1. The standard InChI is InChI=1S/C22H25F3N4/c1-29(2)20-13-18-17(27-21(28-18)14-6-4-3-5-7-14)12-19(20)26-16-10-8-15(9-11-16)22(23,24)25/h8-14,26H,3-7H2,1-2H3,(H,27,28). The molecule has 0 spiro atoms. The van der Waals surface area contributed by atoms with Crippen LogP contribution in [-0.2, 0) is 6.18 Å². The zero-order valence-electron chi connectivity index (χ0n) is 16.6. The van der Waals surface area contributed by atoms with E-state index in [4.69, 9.17) is 4.98 Å². The average Bonchev–Trinajstić information content (AvgIpc) is 3.11. The van der Waals surface area contributed by atoms with Crippen molar-refractivity contribution in [3.8, 4) is 0 Å². The highest BCUT2D eigenvalue weighted by Crippen LogP contribution is 2.36. The lowest BCUT2D eigenvalue weighted by Gasteiger charge is -2.19. The molecule has 7 heteroatoms. The highest BCUT2D eigenvalue weighted by molar-refractivity contribution is 5.89. The second kappa shape index (κ2) is 7.61. The van der Waals surface area contributed by atoms with Crippen molar-refractivity contribution in [2.45, 2.75) is 44.2 Å². The number of fused-ring (bicyclic) bond motifs is 1. The highest BCUT2D eigenvalue weighted by Gasteiger charge is 2.30. The summed E-state index contributed by atoms with van der Waals surface area (Å²) in [4.78, 5) is 10.3. The zero-order valence-corrected chi connectivity index (χ0v) is 16.6. The molecule has 1 fully saturated rings. The van der Waals surface area contributed by atoms with Crippen LogP contribution in [0.5, 0.6) is 0 Å². The lowest BCUT2D eigenvalue weighted by Crippen LogP contribution is -2.11. The van der Waals surface area contributed by atoms with E-state index in [2.05, 4.69) is 10.3 Å². The number of H-pyrrole nitrogens is 1. The van der Waals surface area contributed by atoms with Crippen LogP contribution in [0.3, 0.4) is 0 Å². The lowest BCUT2D eigenvalue weighted by molar-refractivity contribution is -0.137. The summed E-state index contributed by atoms with van der Waals surface area (Å²) in [5.74, 6) is 1.52. The third kappa shape index (κ3) is 4.18. The summed E-state index contributed by atoms with van der Waals surface area (Å²) < 4.78 is 38.4. The molecule has 2 aromatic carbocycles. The number of aromatic nitrogens is 2. The van der Waals surface area contributed by atoms with Crippen LogP contribution in [0.1, 0.15) is 49.4 Å². The molecule has 1 aliphatic rings. The number of anilines is 3. The Morgan fingerprint density at radius 1 is 1.03 bits per heavy atom. The first kappa shape index (κ1) is 19.6. The molecular formula is C22H25F3N4. The van der Waals surface area contributed by atoms with Gasteiger partial charge in [0.15, 0.2) is 0 Å². The van der Waals surface area contributed by atoms with E-state index in [-0.39, 0.29) is 0 Å². The molecule has 0 saturated heterocycles. The quantitative estimate of drug-likeness (QED) is 0.528. The maximum atomic E-state index is 12.8. The highest BCUT2D eigenvalue weighted by atomic mass is 19.4. The van der Waals surface area contributed by atoms with E-state index in [0.29, 0.717) is 11.6 Å². The molecule has 1 aliphatic carbocycles. The molecule has 0 unspecified atom stereocenters. The molecule has 4 rings (SSSR count). The third-order valence-electron chi connectivity index (χ3n) is 5.58. The van der Waals surface area contributed by atoms with E-state index in [1.54, 1.807) is 0 Å². The van der Waals surface area contributed by atoms with Crippen LogP contribution in [0.25, 0.3) is 11.0 Å². The smallest absolute Gasteiger partial charge is 0.376 e. The van der Waals surface area contributed by atoms with Gasteiger partial charge >= 0.3 is 6.18 Å². The minimum Gasteiger partial charge on any atom is -0.376 e. The molecule has 3 aromatic rings.